The quantitative estimate of drug-likeness (QED) is 0.439. The summed E-state index contributed by atoms with van der Waals surface area (Å²) in [5.74, 6) is 1.68. The van der Waals surface area contributed by atoms with Crippen molar-refractivity contribution in [1.82, 2.24) is 5.32 Å². The minimum atomic E-state index is -0.992. The Bertz CT molecular complexity index is 971. The Kier molecular flexibility index (Phi) is 8.62. The van der Waals surface area contributed by atoms with Crippen LogP contribution in [0.1, 0.15) is 49.7 Å². The third-order valence-corrected chi connectivity index (χ3v) is 7.07. The van der Waals surface area contributed by atoms with Crippen LogP contribution in [0, 0.1) is 5.92 Å². The molecule has 0 aromatic heterocycles. The van der Waals surface area contributed by atoms with E-state index >= 15 is 0 Å². The molecule has 0 bridgehead atoms. The van der Waals surface area contributed by atoms with Crippen molar-refractivity contribution in [2.45, 2.75) is 50.5 Å². The number of amides is 1. The van der Waals surface area contributed by atoms with Gasteiger partial charge in [-0.3, -0.25) is 4.79 Å². The normalized spacial score (nSPS) is 20.5. The molecule has 1 heterocycles. The molecule has 0 saturated heterocycles. The lowest BCUT2D eigenvalue weighted by atomic mass is 9.88. The van der Waals surface area contributed by atoms with Crippen molar-refractivity contribution in [3.8, 4) is 5.75 Å². The highest BCUT2D eigenvalue weighted by atomic mass is 79.9. The van der Waals surface area contributed by atoms with Gasteiger partial charge in [-0.05, 0) is 60.7 Å². The van der Waals surface area contributed by atoms with Crippen molar-refractivity contribution < 1.29 is 19.4 Å². The topological polar surface area (TPSA) is 80.2 Å². The van der Waals surface area contributed by atoms with Gasteiger partial charge < -0.3 is 19.9 Å². The summed E-state index contributed by atoms with van der Waals surface area (Å²) >= 11 is 3.48. The van der Waals surface area contributed by atoms with Crippen molar-refractivity contribution >= 4 is 27.7 Å². The average molecular weight is 529 g/mol. The van der Waals surface area contributed by atoms with Gasteiger partial charge in [0.2, 0.25) is 5.90 Å². The zero-order valence-electron chi connectivity index (χ0n) is 19.5. The lowest BCUT2D eigenvalue weighted by Crippen LogP contribution is -2.49. The molecule has 2 aliphatic rings. The van der Waals surface area contributed by atoms with E-state index in [1.807, 2.05) is 48.5 Å². The number of carbonyl (C=O) groups is 1. The fraction of sp³-hybridized carbons (Fsp3) is 0.481. The Hall–Kier alpha value is -2.38. The minimum absolute atomic E-state index is 0.0695. The Labute approximate surface area is 209 Å². The standard InChI is InChI=1S/C27H33BrN2O4/c28-23-11-7-20(8-12-23)17-27(26(32)29-18-21-5-2-1-3-6-21)19-34-25(30-27)22-9-13-24(14-10-22)33-16-4-15-31/h7-14,21,31H,1-6,15-19H2,(H,29,32)/t27-/m1/s1. The van der Waals surface area contributed by atoms with Crippen molar-refractivity contribution in [3.63, 3.8) is 0 Å². The Morgan fingerprint density at radius 1 is 1.12 bits per heavy atom. The number of benzene rings is 2. The van der Waals surface area contributed by atoms with Crippen LogP contribution < -0.4 is 10.1 Å². The largest absolute Gasteiger partial charge is 0.494 e. The number of aliphatic hydroxyl groups excluding tert-OH is 1. The van der Waals surface area contributed by atoms with E-state index in [-0.39, 0.29) is 19.1 Å². The van der Waals surface area contributed by atoms with Gasteiger partial charge in [0.15, 0.2) is 5.54 Å². The number of carbonyl (C=O) groups excluding carboxylic acids is 1. The van der Waals surface area contributed by atoms with Crippen molar-refractivity contribution in [3.05, 3.63) is 64.1 Å². The summed E-state index contributed by atoms with van der Waals surface area (Å²) in [5.41, 5.74) is 0.859. The van der Waals surface area contributed by atoms with Crippen molar-refractivity contribution in [2.75, 3.05) is 26.4 Å². The van der Waals surface area contributed by atoms with Crippen molar-refractivity contribution in [1.29, 1.82) is 0 Å². The fourth-order valence-corrected chi connectivity index (χ4v) is 4.83. The molecule has 7 heteroatoms. The summed E-state index contributed by atoms with van der Waals surface area (Å²) in [6.07, 6.45) is 7.21. The van der Waals surface area contributed by atoms with Crippen LogP contribution in [0.2, 0.25) is 0 Å². The molecule has 1 amide bonds. The van der Waals surface area contributed by atoms with Crippen LogP contribution in [0.5, 0.6) is 5.75 Å². The molecule has 6 nitrogen and oxygen atoms in total. The molecular formula is C27H33BrN2O4. The zero-order valence-corrected chi connectivity index (χ0v) is 21.1. The number of nitrogens with zero attached hydrogens (tertiary/aromatic N) is 1. The lowest BCUT2D eigenvalue weighted by molar-refractivity contribution is -0.126. The minimum Gasteiger partial charge on any atom is -0.494 e. The van der Waals surface area contributed by atoms with Gasteiger partial charge in [0.05, 0.1) is 6.61 Å². The van der Waals surface area contributed by atoms with E-state index in [2.05, 4.69) is 21.2 Å². The highest BCUT2D eigenvalue weighted by Gasteiger charge is 2.44. The highest BCUT2D eigenvalue weighted by Crippen LogP contribution is 2.29. The number of hydrogen-bond acceptors (Lipinski definition) is 5. The van der Waals surface area contributed by atoms with E-state index in [0.29, 0.717) is 37.8 Å². The molecule has 2 aromatic rings. The number of aliphatic hydroxyl groups is 1. The number of halogens is 1. The van der Waals surface area contributed by atoms with Crippen LogP contribution >= 0.6 is 15.9 Å². The third-order valence-electron chi connectivity index (χ3n) is 6.54. The maximum absolute atomic E-state index is 13.5. The molecule has 1 aliphatic heterocycles. The number of ether oxygens (including phenoxy) is 2. The first-order chi connectivity index (χ1) is 16.6. The van der Waals surface area contributed by atoms with Crippen LogP contribution in [-0.2, 0) is 16.0 Å². The number of hydrogen-bond donors (Lipinski definition) is 2. The molecule has 1 saturated carbocycles. The van der Waals surface area contributed by atoms with E-state index in [4.69, 9.17) is 19.6 Å². The SMILES string of the molecule is O=C(NCC1CCCCC1)[C@@]1(Cc2ccc(Br)cc2)COC(c2ccc(OCCCO)cc2)=N1. The van der Waals surface area contributed by atoms with E-state index < -0.39 is 5.54 Å². The molecule has 0 radical (unpaired) electrons. The van der Waals surface area contributed by atoms with E-state index in [0.717, 1.165) is 21.3 Å². The highest BCUT2D eigenvalue weighted by molar-refractivity contribution is 9.10. The first kappa shape index (κ1) is 24.7. The molecule has 34 heavy (non-hydrogen) atoms. The fourth-order valence-electron chi connectivity index (χ4n) is 4.56. The van der Waals surface area contributed by atoms with Gasteiger partial charge in [0.1, 0.15) is 12.4 Å². The van der Waals surface area contributed by atoms with Gasteiger partial charge in [-0.1, -0.05) is 47.3 Å². The summed E-state index contributed by atoms with van der Waals surface area (Å²) in [4.78, 5) is 18.4. The molecule has 1 atom stereocenters. The van der Waals surface area contributed by atoms with Gasteiger partial charge in [0.25, 0.3) is 5.91 Å². The van der Waals surface area contributed by atoms with E-state index in [1.165, 1.54) is 32.1 Å². The average Bonchev–Trinajstić information content (AvgIpc) is 3.30. The van der Waals surface area contributed by atoms with Gasteiger partial charge >= 0.3 is 0 Å². The summed E-state index contributed by atoms with van der Waals surface area (Å²) < 4.78 is 12.6. The summed E-state index contributed by atoms with van der Waals surface area (Å²) in [5, 5.41) is 12.1. The van der Waals surface area contributed by atoms with Crippen molar-refractivity contribution in [2.24, 2.45) is 10.9 Å². The molecule has 0 spiro atoms. The van der Waals surface area contributed by atoms with Gasteiger partial charge in [-0.15, -0.1) is 0 Å². The summed E-state index contributed by atoms with van der Waals surface area (Å²) in [6, 6.07) is 15.5. The first-order valence-corrected chi connectivity index (χ1v) is 13.0. The molecule has 4 rings (SSSR count). The maximum atomic E-state index is 13.5. The Morgan fingerprint density at radius 3 is 2.56 bits per heavy atom. The lowest BCUT2D eigenvalue weighted by Gasteiger charge is -2.26. The molecule has 182 valence electrons. The summed E-state index contributed by atoms with van der Waals surface area (Å²) in [6.45, 7) is 1.48. The van der Waals surface area contributed by atoms with Gasteiger partial charge in [0, 0.05) is 36.0 Å². The Morgan fingerprint density at radius 2 is 1.85 bits per heavy atom. The molecular weight excluding hydrogens is 496 g/mol. The zero-order chi connectivity index (χ0) is 23.8. The van der Waals surface area contributed by atoms with Crippen LogP contribution in [0.3, 0.4) is 0 Å². The second kappa shape index (κ2) is 11.8. The second-order valence-corrected chi connectivity index (χ2v) is 10.1. The number of rotatable bonds is 10. The Balaban J connectivity index is 1.51. The predicted molar refractivity (Wildman–Crippen MR) is 136 cm³/mol. The molecule has 2 aromatic carbocycles. The van der Waals surface area contributed by atoms with Gasteiger partial charge in [-0.2, -0.15) is 0 Å². The van der Waals surface area contributed by atoms with Gasteiger partial charge in [-0.25, -0.2) is 4.99 Å². The molecule has 0 unspecified atom stereocenters. The molecule has 1 fully saturated rings. The van der Waals surface area contributed by atoms with E-state index in [1.54, 1.807) is 0 Å². The first-order valence-electron chi connectivity index (χ1n) is 12.2. The van der Waals surface area contributed by atoms with E-state index in [9.17, 15) is 4.79 Å². The van der Waals surface area contributed by atoms with Crippen LogP contribution in [0.15, 0.2) is 58.0 Å². The predicted octanol–water partition coefficient (Wildman–Crippen LogP) is 4.67. The number of nitrogens with one attached hydrogen (secondary N) is 1. The second-order valence-electron chi connectivity index (χ2n) is 9.20. The summed E-state index contributed by atoms with van der Waals surface area (Å²) in [7, 11) is 0. The van der Waals surface area contributed by atoms with Crippen LogP contribution in [0.25, 0.3) is 0 Å². The molecule has 1 aliphatic carbocycles. The van der Waals surface area contributed by atoms with Crippen LogP contribution in [-0.4, -0.2) is 48.8 Å². The maximum Gasteiger partial charge on any atom is 0.251 e. The third kappa shape index (κ3) is 6.39. The number of aliphatic imine (C=N–C) groups is 1. The smallest absolute Gasteiger partial charge is 0.251 e. The van der Waals surface area contributed by atoms with Crippen LogP contribution in [0.4, 0.5) is 0 Å². The molecule has 2 N–H and O–H groups in total. The monoisotopic (exact) mass is 528 g/mol.